The van der Waals surface area contributed by atoms with Crippen molar-refractivity contribution in [3.05, 3.63) is 63.3 Å². The molecule has 0 fully saturated rings. The molecule has 4 rings (SSSR count). The van der Waals surface area contributed by atoms with Gasteiger partial charge in [-0.1, -0.05) is 11.6 Å². The zero-order valence-corrected chi connectivity index (χ0v) is 21.4. The van der Waals surface area contributed by atoms with Gasteiger partial charge in [-0.05, 0) is 13.0 Å². The van der Waals surface area contributed by atoms with Crippen LogP contribution in [0.3, 0.4) is 0 Å². The van der Waals surface area contributed by atoms with E-state index in [9.17, 15) is 22.8 Å². The molecule has 0 aliphatic carbocycles. The van der Waals surface area contributed by atoms with Crippen LogP contribution in [0, 0.1) is 0 Å². The summed E-state index contributed by atoms with van der Waals surface area (Å²) >= 11 is 6.51. The van der Waals surface area contributed by atoms with Gasteiger partial charge < -0.3 is 26.3 Å². The molecule has 0 aliphatic rings. The number of nitrogens with zero attached hydrogens (tertiary/aromatic N) is 6. The van der Waals surface area contributed by atoms with Crippen LogP contribution in [0.15, 0.2) is 37.2 Å². The quantitative estimate of drug-likeness (QED) is 0.174. The molecule has 0 spiro atoms. The summed E-state index contributed by atoms with van der Waals surface area (Å²) in [5.41, 5.74) is -1.02. The highest BCUT2D eigenvalue weighted by molar-refractivity contribution is 7.13. The lowest BCUT2D eigenvalue weighted by atomic mass is 10.2. The van der Waals surface area contributed by atoms with Crippen LogP contribution in [-0.4, -0.2) is 60.0 Å². The van der Waals surface area contributed by atoms with E-state index in [2.05, 4.69) is 56.4 Å². The molecule has 0 saturated carbocycles. The Bertz CT molecular complexity index is 1450. The highest BCUT2D eigenvalue weighted by Gasteiger charge is 2.34. The fourth-order valence-electron chi connectivity index (χ4n) is 3.07. The Balaban J connectivity index is 1.32. The van der Waals surface area contributed by atoms with Gasteiger partial charge in [0.2, 0.25) is 5.95 Å². The molecule has 4 heterocycles. The zero-order chi connectivity index (χ0) is 28.0. The first kappa shape index (κ1) is 27.6. The maximum absolute atomic E-state index is 13.1. The van der Waals surface area contributed by atoms with Crippen LogP contribution in [0.5, 0.6) is 0 Å². The first-order valence-corrected chi connectivity index (χ1v) is 12.3. The van der Waals surface area contributed by atoms with Crippen LogP contribution in [0.4, 0.5) is 30.8 Å². The first-order chi connectivity index (χ1) is 18.6. The van der Waals surface area contributed by atoms with Gasteiger partial charge in [0.15, 0.2) is 0 Å². The number of amides is 2. The summed E-state index contributed by atoms with van der Waals surface area (Å²) in [6, 6.07) is 1.51. The summed E-state index contributed by atoms with van der Waals surface area (Å²) in [5, 5.41) is 18.3. The van der Waals surface area contributed by atoms with Gasteiger partial charge in [0.25, 0.3) is 11.8 Å². The van der Waals surface area contributed by atoms with Crippen molar-refractivity contribution in [2.45, 2.75) is 19.1 Å². The van der Waals surface area contributed by atoms with Crippen LogP contribution in [0.2, 0.25) is 5.02 Å². The first-order valence-electron chi connectivity index (χ1n) is 11.1. The van der Waals surface area contributed by atoms with Gasteiger partial charge in [0.05, 0.1) is 22.8 Å². The normalized spacial score (nSPS) is 12.0. The third-order valence-corrected chi connectivity index (χ3v) is 6.39. The molecule has 0 aliphatic heterocycles. The number of rotatable bonds is 10. The average molecular weight is 582 g/mol. The maximum atomic E-state index is 13.1. The number of halogens is 4. The summed E-state index contributed by atoms with van der Waals surface area (Å²) < 4.78 is 39.2. The van der Waals surface area contributed by atoms with Crippen LogP contribution >= 0.6 is 22.9 Å². The van der Waals surface area contributed by atoms with Crippen LogP contribution in [0.25, 0.3) is 0 Å². The zero-order valence-electron chi connectivity index (χ0n) is 19.9. The third-order valence-electron chi connectivity index (χ3n) is 4.91. The largest absolute Gasteiger partial charge is 0.418 e. The molecular formula is C21H19ClF3N11O2S. The number of nitrogens with one attached hydrogen (secondary N) is 5. The van der Waals surface area contributed by atoms with E-state index in [4.69, 9.17) is 11.6 Å². The summed E-state index contributed by atoms with van der Waals surface area (Å²) in [6.07, 6.45) is 0.0348. The number of H-pyrrole nitrogens is 1. The number of thiazole rings is 1. The number of hydrogen-bond donors (Lipinski definition) is 5. The van der Waals surface area contributed by atoms with Crippen molar-refractivity contribution in [1.29, 1.82) is 0 Å². The van der Waals surface area contributed by atoms with Gasteiger partial charge in [-0.25, -0.2) is 19.9 Å². The van der Waals surface area contributed by atoms with Crippen molar-refractivity contribution >= 4 is 52.3 Å². The number of carbonyl (C=O) groups is 2. The standard InChI is InChI=1S/C21H19ClF3N11O2S/c1-10(34-17(37)13-5-15(31-8-30-13)26-2-3-27-20-32-9-33-36-20)19-29-7-14(39-19)18(38)35-16-4-11(21(23,24)25)12(22)6-28-16/h4-10H,2-3H2,1H3,(H,34,37)(H,26,30,31)(H,28,35,38)(H2,27,32,33,36). The maximum Gasteiger partial charge on any atom is 0.418 e. The van der Waals surface area contributed by atoms with Gasteiger partial charge in [0, 0.05) is 25.4 Å². The van der Waals surface area contributed by atoms with E-state index in [0.29, 0.717) is 35.9 Å². The predicted octanol–water partition coefficient (Wildman–Crippen LogP) is 3.39. The van der Waals surface area contributed by atoms with E-state index in [0.717, 1.165) is 17.5 Å². The van der Waals surface area contributed by atoms with Crippen molar-refractivity contribution in [3.63, 3.8) is 0 Å². The summed E-state index contributed by atoms with van der Waals surface area (Å²) in [5.74, 6) is -0.591. The van der Waals surface area contributed by atoms with Crippen molar-refractivity contribution in [1.82, 2.24) is 40.4 Å². The van der Waals surface area contributed by atoms with E-state index in [1.165, 1.54) is 24.9 Å². The monoisotopic (exact) mass is 581 g/mol. The highest BCUT2D eigenvalue weighted by atomic mass is 35.5. The van der Waals surface area contributed by atoms with E-state index in [1.807, 2.05) is 0 Å². The van der Waals surface area contributed by atoms with Crippen molar-refractivity contribution in [2.24, 2.45) is 0 Å². The molecule has 0 bridgehead atoms. The molecule has 0 aromatic carbocycles. The Hall–Kier alpha value is -4.38. The minimum absolute atomic E-state index is 0.101. The van der Waals surface area contributed by atoms with Gasteiger partial charge >= 0.3 is 6.18 Å². The highest BCUT2D eigenvalue weighted by Crippen LogP contribution is 2.35. The second-order valence-electron chi connectivity index (χ2n) is 7.74. The lowest BCUT2D eigenvalue weighted by Crippen LogP contribution is -2.27. The van der Waals surface area contributed by atoms with Crippen LogP contribution in [0.1, 0.15) is 43.7 Å². The lowest BCUT2D eigenvalue weighted by Gasteiger charge is -2.12. The Labute approximate surface area is 227 Å². The van der Waals surface area contributed by atoms with Crippen molar-refractivity contribution in [3.8, 4) is 0 Å². The molecule has 39 heavy (non-hydrogen) atoms. The third kappa shape index (κ3) is 7.35. The molecule has 0 radical (unpaired) electrons. The number of alkyl halides is 3. The fraction of sp³-hybridized carbons (Fsp3) is 0.238. The second kappa shape index (κ2) is 12.0. The molecule has 5 N–H and O–H groups in total. The van der Waals surface area contributed by atoms with Crippen LogP contribution in [-0.2, 0) is 6.18 Å². The van der Waals surface area contributed by atoms with Gasteiger partial charge in [-0.3, -0.25) is 9.59 Å². The Morgan fingerprint density at radius 2 is 1.85 bits per heavy atom. The molecule has 1 atom stereocenters. The predicted molar refractivity (Wildman–Crippen MR) is 136 cm³/mol. The average Bonchev–Trinajstić information content (AvgIpc) is 3.60. The molecule has 204 valence electrons. The Morgan fingerprint density at radius 1 is 1.05 bits per heavy atom. The van der Waals surface area contributed by atoms with Crippen molar-refractivity contribution in [2.75, 3.05) is 29.0 Å². The molecule has 13 nitrogen and oxygen atoms in total. The minimum Gasteiger partial charge on any atom is -0.368 e. The summed E-state index contributed by atoms with van der Waals surface area (Å²) in [6.45, 7) is 2.64. The molecule has 1 unspecified atom stereocenters. The second-order valence-corrected chi connectivity index (χ2v) is 9.21. The number of aromatic nitrogens is 7. The number of carbonyl (C=O) groups excluding carboxylic acids is 2. The SMILES string of the molecule is CC(NC(=O)c1cc(NCCNc2nnc[nH]2)ncn1)c1ncc(C(=O)Nc2cc(C(F)(F)F)c(Cl)cn2)s1. The van der Waals surface area contributed by atoms with Crippen molar-refractivity contribution < 1.29 is 22.8 Å². The number of anilines is 3. The number of pyridine rings is 1. The number of aromatic amines is 1. The van der Waals surface area contributed by atoms with Gasteiger partial charge in [-0.15, -0.1) is 21.5 Å². The molecule has 18 heteroatoms. The summed E-state index contributed by atoms with van der Waals surface area (Å²) in [4.78, 5) is 44.1. The van der Waals surface area contributed by atoms with Crippen LogP contribution < -0.4 is 21.3 Å². The molecule has 0 saturated heterocycles. The number of hydrogen-bond acceptors (Lipinski definition) is 11. The lowest BCUT2D eigenvalue weighted by molar-refractivity contribution is -0.137. The fourth-order valence-corrected chi connectivity index (χ4v) is 4.09. The van der Waals surface area contributed by atoms with E-state index in [-0.39, 0.29) is 16.4 Å². The molecule has 4 aromatic heterocycles. The Morgan fingerprint density at radius 3 is 2.59 bits per heavy atom. The van der Waals surface area contributed by atoms with E-state index >= 15 is 0 Å². The van der Waals surface area contributed by atoms with E-state index < -0.39 is 34.6 Å². The Kier molecular flexibility index (Phi) is 8.50. The smallest absolute Gasteiger partial charge is 0.368 e. The topological polar surface area (TPSA) is 175 Å². The molecule has 2 amide bonds. The van der Waals surface area contributed by atoms with E-state index in [1.54, 1.807) is 6.92 Å². The van der Waals surface area contributed by atoms with Gasteiger partial charge in [-0.2, -0.15) is 13.2 Å². The molecule has 4 aromatic rings. The summed E-state index contributed by atoms with van der Waals surface area (Å²) in [7, 11) is 0. The van der Waals surface area contributed by atoms with Gasteiger partial charge in [0.1, 0.15) is 39.9 Å². The minimum atomic E-state index is -4.71. The molecular weight excluding hydrogens is 563 g/mol.